The Morgan fingerprint density at radius 2 is 1.79 bits per heavy atom. The van der Waals surface area contributed by atoms with Gasteiger partial charge >= 0.3 is 0 Å². The van der Waals surface area contributed by atoms with Crippen molar-refractivity contribution in [2.24, 2.45) is 0 Å². The number of hydrogen-bond donors (Lipinski definition) is 1. The van der Waals surface area contributed by atoms with Crippen molar-refractivity contribution in [2.75, 3.05) is 6.61 Å². The van der Waals surface area contributed by atoms with Crippen LogP contribution in [0, 0.1) is 11.6 Å². The summed E-state index contributed by atoms with van der Waals surface area (Å²) in [5.74, 6) is -0.420. The summed E-state index contributed by atoms with van der Waals surface area (Å²) < 4.78 is 29.4. The Hall–Kier alpha value is -1.67. The molecule has 0 aliphatic heterocycles. The van der Waals surface area contributed by atoms with Gasteiger partial charge in [-0.3, -0.25) is 4.57 Å². The molecule has 0 saturated carbocycles. The molecule has 3 aromatic rings. The number of aryl methyl sites for hydroxylation is 1. The van der Waals surface area contributed by atoms with Gasteiger partial charge in [-0.2, -0.15) is 0 Å². The molecule has 1 N–H and O–H groups in total. The maximum Gasteiger partial charge on any atom is 0.196 e. The normalized spacial score (nSPS) is 11.2. The fourth-order valence-electron chi connectivity index (χ4n) is 2.66. The van der Waals surface area contributed by atoms with Gasteiger partial charge in [0.25, 0.3) is 0 Å². The lowest BCUT2D eigenvalue weighted by atomic mass is 10.2. The van der Waals surface area contributed by atoms with Crippen LogP contribution in [0.1, 0.15) is 24.2 Å². The summed E-state index contributed by atoms with van der Waals surface area (Å²) in [5.41, 5.74) is 0.907. The first-order valence-corrected chi connectivity index (χ1v) is 10.3. The third-order valence-corrected chi connectivity index (χ3v) is 5.73. The van der Waals surface area contributed by atoms with Crippen LogP contribution in [-0.4, -0.2) is 26.5 Å². The minimum Gasteiger partial charge on any atom is -0.396 e. The number of halogens is 4. The van der Waals surface area contributed by atoms with Gasteiger partial charge in [0.15, 0.2) is 5.16 Å². The molecule has 9 heteroatoms. The van der Waals surface area contributed by atoms with Crippen molar-refractivity contribution in [3.63, 3.8) is 0 Å². The number of unbranched alkanes of at least 4 members (excludes halogenated alkanes) is 1. The molecule has 0 amide bonds. The number of aliphatic hydroxyl groups is 1. The van der Waals surface area contributed by atoms with Crippen LogP contribution in [0.25, 0.3) is 5.69 Å². The van der Waals surface area contributed by atoms with E-state index in [-0.39, 0.29) is 12.3 Å². The first-order valence-electron chi connectivity index (χ1n) is 8.57. The molecule has 0 bridgehead atoms. The van der Waals surface area contributed by atoms with E-state index < -0.39 is 11.6 Å². The van der Waals surface area contributed by atoms with E-state index in [1.165, 1.54) is 23.9 Å². The highest BCUT2D eigenvalue weighted by Crippen LogP contribution is 2.32. The quantitative estimate of drug-likeness (QED) is 0.370. The first-order chi connectivity index (χ1) is 13.5. The van der Waals surface area contributed by atoms with Crippen LogP contribution in [0.2, 0.25) is 10.0 Å². The Balaban J connectivity index is 1.94. The molecule has 0 unspecified atom stereocenters. The highest BCUT2D eigenvalue weighted by atomic mass is 35.5. The highest BCUT2D eigenvalue weighted by molar-refractivity contribution is 7.98. The zero-order valence-corrected chi connectivity index (χ0v) is 17.0. The summed E-state index contributed by atoms with van der Waals surface area (Å²) in [7, 11) is 0. The van der Waals surface area contributed by atoms with Crippen molar-refractivity contribution in [1.29, 1.82) is 0 Å². The summed E-state index contributed by atoms with van der Waals surface area (Å²) in [5, 5.41) is 18.8. The second-order valence-corrected chi connectivity index (χ2v) is 7.76. The van der Waals surface area contributed by atoms with Crippen LogP contribution in [0.4, 0.5) is 8.78 Å². The van der Waals surface area contributed by atoms with Gasteiger partial charge in [-0.15, -0.1) is 10.2 Å². The van der Waals surface area contributed by atoms with E-state index >= 15 is 0 Å². The van der Waals surface area contributed by atoms with Crippen LogP contribution in [0.3, 0.4) is 0 Å². The number of hydrogen-bond acceptors (Lipinski definition) is 4. The number of nitrogens with zero attached hydrogens (tertiary/aromatic N) is 3. The van der Waals surface area contributed by atoms with Gasteiger partial charge < -0.3 is 5.11 Å². The first kappa shape index (κ1) is 21.0. The number of benzene rings is 2. The van der Waals surface area contributed by atoms with E-state index in [9.17, 15) is 8.78 Å². The predicted molar refractivity (Wildman–Crippen MR) is 107 cm³/mol. The van der Waals surface area contributed by atoms with Gasteiger partial charge in [0.2, 0.25) is 0 Å². The molecule has 148 valence electrons. The van der Waals surface area contributed by atoms with Crippen LogP contribution in [0.15, 0.2) is 41.6 Å². The maximum absolute atomic E-state index is 14.4. The topological polar surface area (TPSA) is 50.9 Å². The molecule has 1 aromatic heterocycles. The summed E-state index contributed by atoms with van der Waals surface area (Å²) in [6.45, 7) is 0.0612. The van der Waals surface area contributed by atoms with E-state index in [1.54, 1.807) is 22.8 Å². The molecular formula is C19H17Cl2F2N3OS. The van der Waals surface area contributed by atoms with Gasteiger partial charge in [0.1, 0.15) is 17.5 Å². The van der Waals surface area contributed by atoms with Crippen LogP contribution in [-0.2, 0) is 12.2 Å². The standard InChI is InChI=1S/C19H17Cl2F2N3OS/c20-14-4-3-5-15(21)13(14)11-28-19-25-24-18(6-1-2-9-27)26(19)17-8-7-12(22)10-16(17)23/h3-5,7-8,10,27H,1-2,6,9,11H2. The smallest absolute Gasteiger partial charge is 0.196 e. The largest absolute Gasteiger partial charge is 0.396 e. The van der Waals surface area contributed by atoms with Crippen molar-refractivity contribution in [3.05, 3.63) is 69.5 Å². The van der Waals surface area contributed by atoms with Gasteiger partial charge in [0, 0.05) is 34.9 Å². The molecule has 0 aliphatic carbocycles. The zero-order valence-electron chi connectivity index (χ0n) is 14.7. The number of aliphatic hydroxyl groups excluding tert-OH is 1. The predicted octanol–water partition coefficient (Wildman–Crippen LogP) is 5.46. The third kappa shape index (κ3) is 4.84. The SMILES string of the molecule is OCCCCc1nnc(SCc2c(Cl)cccc2Cl)n1-c1ccc(F)cc1F. The van der Waals surface area contributed by atoms with Crippen LogP contribution in [0.5, 0.6) is 0 Å². The highest BCUT2D eigenvalue weighted by Gasteiger charge is 2.18. The van der Waals surface area contributed by atoms with E-state index in [0.29, 0.717) is 46.0 Å². The molecule has 4 nitrogen and oxygen atoms in total. The molecule has 1 heterocycles. The summed E-state index contributed by atoms with van der Waals surface area (Å²) in [4.78, 5) is 0. The molecule has 0 atom stereocenters. The summed E-state index contributed by atoms with van der Waals surface area (Å²) in [6.07, 6.45) is 1.76. The van der Waals surface area contributed by atoms with Crippen molar-refractivity contribution in [2.45, 2.75) is 30.2 Å². The fourth-order valence-corrected chi connectivity index (χ4v) is 4.37. The monoisotopic (exact) mass is 443 g/mol. The Kier molecular flexibility index (Phi) is 7.29. The van der Waals surface area contributed by atoms with Crippen molar-refractivity contribution < 1.29 is 13.9 Å². The Morgan fingerprint density at radius 1 is 1.04 bits per heavy atom. The lowest BCUT2D eigenvalue weighted by Gasteiger charge is -2.12. The second kappa shape index (κ2) is 9.69. The van der Waals surface area contributed by atoms with Gasteiger partial charge in [0.05, 0.1) is 5.69 Å². The fraction of sp³-hybridized carbons (Fsp3) is 0.263. The van der Waals surface area contributed by atoms with Crippen LogP contribution < -0.4 is 0 Å². The van der Waals surface area contributed by atoms with E-state index in [1.807, 2.05) is 0 Å². The lowest BCUT2D eigenvalue weighted by Crippen LogP contribution is -2.06. The zero-order chi connectivity index (χ0) is 20.1. The Morgan fingerprint density at radius 3 is 2.46 bits per heavy atom. The van der Waals surface area contributed by atoms with Gasteiger partial charge in [-0.05, 0) is 42.7 Å². The van der Waals surface area contributed by atoms with E-state index in [0.717, 1.165) is 11.6 Å². The second-order valence-electron chi connectivity index (χ2n) is 6.00. The molecule has 0 saturated heterocycles. The minimum absolute atomic E-state index is 0.0612. The maximum atomic E-state index is 14.4. The minimum atomic E-state index is -0.708. The Bertz CT molecular complexity index is 948. The molecule has 3 rings (SSSR count). The molecule has 2 aromatic carbocycles. The number of thioether (sulfide) groups is 1. The van der Waals surface area contributed by atoms with E-state index in [2.05, 4.69) is 10.2 Å². The molecular weight excluding hydrogens is 427 g/mol. The molecule has 0 fully saturated rings. The van der Waals surface area contributed by atoms with Crippen LogP contribution >= 0.6 is 35.0 Å². The summed E-state index contributed by atoms with van der Waals surface area (Å²) >= 11 is 13.7. The van der Waals surface area contributed by atoms with Crippen molar-refractivity contribution in [3.8, 4) is 5.69 Å². The average Bonchev–Trinajstić information content (AvgIpc) is 3.04. The van der Waals surface area contributed by atoms with E-state index in [4.69, 9.17) is 28.3 Å². The number of rotatable bonds is 8. The lowest BCUT2D eigenvalue weighted by molar-refractivity contribution is 0.284. The molecule has 0 aliphatic rings. The molecule has 0 radical (unpaired) electrons. The molecule has 28 heavy (non-hydrogen) atoms. The summed E-state index contributed by atoms with van der Waals surface area (Å²) in [6, 6.07) is 8.62. The van der Waals surface area contributed by atoms with Crippen molar-refractivity contribution in [1.82, 2.24) is 14.8 Å². The average molecular weight is 444 g/mol. The number of aromatic nitrogens is 3. The van der Waals surface area contributed by atoms with Crippen molar-refractivity contribution >= 4 is 35.0 Å². The molecule has 0 spiro atoms. The van der Waals surface area contributed by atoms with Gasteiger partial charge in [-0.1, -0.05) is 41.0 Å². The Labute approximate surface area is 175 Å². The van der Waals surface area contributed by atoms with Gasteiger partial charge in [-0.25, -0.2) is 8.78 Å². The third-order valence-electron chi connectivity index (χ3n) is 4.07.